The number of ether oxygens (including phenoxy) is 1. The quantitative estimate of drug-likeness (QED) is 0.765. The van der Waals surface area contributed by atoms with Gasteiger partial charge in [0.15, 0.2) is 5.65 Å². The Labute approximate surface area is 151 Å². The van der Waals surface area contributed by atoms with Gasteiger partial charge in [0.1, 0.15) is 11.6 Å². The zero-order chi connectivity index (χ0) is 18.1. The highest BCUT2D eigenvalue weighted by Crippen LogP contribution is 2.26. The summed E-state index contributed by atoms with van der Waals surface area (Å²) in [5.41, 5.74) is 2.69. The number of hydrogen-bond donors (Lipinski definition) is 1. The molecule has 0 aliphatic carbocycles. The van der Waals surface area contributed by atoms with Crippen LogP contribution in [-0.4, -0.2) is 40.2 Å². The van der Waals surface area contributed by atoms with Crippen molar-refractivity contribution in [3.05, 3.63) is 48.3 Å². The summed E-state index contributed by atoms with van der Waals surface area (Å²) < 4.78 is 6.96. The van der Waals surface area contributed by atoms with E-state index in [4.69, 9.17) is 4.74 Å². The molecule has 4 rings (SSSR count). The fraction of sp³-hybridized carbons (Fsp3) is 0.316. The zero-order valence-electron chi connectivity index (χ0n) is 14.8. The van der Waals surface area contributed by atoms with E-state index in [1.54, 1.807) is 22.7 Å². The second-order valence-corrected chi connectivity index (χ2v) is 6.34. The standard InChI is InChI=1S/C19H21N5O2/c1-3-13-10-18(24-17(21-13)8-9-20-24)22-14-11-19(25)23(12-14)15-4-6-16(26-2)7-5-15/h4-10,14,22H,3,11-12H2,1-2H3/t14-/m0/s1. The predicted molar refractivity (Wildman–Crippen MR) is 99.7 cm³/mol. The predicted octanol–water partition coefficient (Wildman–Crippen LogP) is 2.52. The third-order valence-electron chi connectivity index (χ3n) is 4.64. The number of nitrogens with zero attached hydrogens (tertiary/aromatic N) is 4. The molecule has 1 saturated heterocycles. The van der Waals surface area contributed by atoms with E-state index < -0.39 is 0 Å². The Morgan fingerprint density at radius 2 is 2.08 bits per heavy atom. The molecule has 1 aromatic carbocycles. The van der Waals surface area contributed by atoms with E-state index in [0.29, 0.717) is 13.0 Å². The van der Waals surface area contributed by atoms with E-state index in [9.17, 15) is 4.79 Å². The summed E-state index contributed by atoms with van der Waals surface area (Å²) in [4.78, 5) is 18.8. The topological polar surface area (TPSA) is 71.8 Å². The largest absolute Gasteiger partial charge is 0.497 e. The van der Waals surface area contributed by atoms with Gasteiger partial charge in [-0.05, 0) is 30.7 Å². The maximum atomic E-state index is 12.5. The van der Waals surface area contributed by atoms with Crippen molar-refractivity contribution in [2.75, 3.05) is 23.9 Å². The van der Waals surface area contributed by atoms with E-state index in [2.05, 4.69) is 22.3 Å². The van der Waals surface area contributed by atoms with Gasteiger partial charge < -0.3 is 15.0 Å². The Kier molecular flexibility index (Phi) is 4.20. The summed E-state index contributed by atoms with van der Waals surface area (Å²) in [6, 6.07) is 11.5. The molecule has 1 fully saturated rings. The van der Waals surface area contributed by atoms with Gasteiger partial charge in [0.2, 0.25) is 5.91 Å². The summed E-state index contributed by atoms with van der Waals surface area (Å²) in [7, 11) is 1.63. The van der Waals surface area contributed by atoms with Gasteiger partial charge in [-0.1, -0.05) is 6.92 Å². The molecule has 3 aromatic rings. The van der Waals surface area contributed by atoms with Crippen molar-refractivity contribution in [1.82, 2.24) is 14.6 Å². The fourth-order valence-corrected chi connectivity index (χ4v) is 3.27. The number of fused-ring (bicyclic) bond motifs is 1. The van der Waals surface area contributed by atoms with E-state index in [-0.39, 0.29) is 11.9 Å². The smallest absolute Gasteiger partial charge is 0.229 e. The summed E-state index contributed by atoms with van der Waals surface area (Å²) in [5.74, 6) is 1.75. The van der Waals surface area contributed by atoms with Gasteiger partial charge in [0.05, 0.1) is 19.3 Å². The lowest BCUT2D eigenvalue weighted by Crippen LogP contribution is -2.28. The van der Waals surface area contributed by atoms with Crippen LogP contribution in [-0.2, 0) is 11.2 Å². The van der Waals surface area contributed by atoms with Crippen LogP contribution in [0.25, 0.3) is 5.65 Å². The Morgan fingerprint density at radius 3 is 2.81 bits per heavy atom. The van der Waals surface area contributed by atoms with Crippen molar-refractivity contribution in [3.63, 3.8) is 0 Å². The van der Waals surface area contributed by atoms with Crippen LogP contribution in [0.3, 0.4) is 0 Å². The zero-order valence-corrected chi connectivity index (χ0v) is 14.8. The molecule has 1 amide bonds. The monoisotopic (exact) mass is 351 g/mol. The molecule has 0 radical (unpaired) electrons. The van der Waals surface area contributed by atoms with Crippen LogP contribution in [0, 0.1) is 0 Å². The van der Waals surface area contributed by atoms with Crippen LogP contribution in [0.2, 0.25) is 0 Å². The lowest BCUT2D eigenvalue weighted by atomic mass is 10.2. The lowest BCUT2D eigenvalue weighted by Gasteiger charge is -2.18. The number of carbonyl (C=O) groups is 1. The SMILES string of the molecule is CCc1cc(N[C@H]2CC(=O)N(c3ccc(OC)cc3)C2)n2nccc2n1. The van der Waals surface area contributed by atoms with Gasteiger partial charge in [-0.15, -0.1) is 0 Å². The molecule has 26 heavy (non-hydrogen) atoms. The molecule has 0 bridgehead atoms. The van der Waals surface area contributed by atoms with Crippen molar-refractivity contribution in [1.29, 1.82) is 0 Å². The van der Waals surface area contributed by atoms with Gasteiger partial charge in [-0.2, -0.15) is 9.61 Å². The maximum Gasteiger partial charge on any atom is 0.229 e. The third kappa shape index (κ3) is 2.96. The van der Waals surface area contributed by atoms with Crippen LogP contribution in [0.15, 0.2) is 42.6 Å². The molecule has 0 saturated carbocycles. The highest BCUT2D eigenvalue weighted by Gasteiger charge is 2.31. The van der Waals surface area contributed by atoms with Gasteiger partial charge in [-0.3, -0.25) is 4.79 Å². The highest BCUT2D eigenvalue weighted by atomic mass is 16.5. The third-order valence-corrected chi connectivity index (χ3v) is 4.64. The van der Waals surface area contributed by atoms with E-state index in [1.165, 1.54) is 0 Å². The molecule has 7 nitrogen and oxygen atoms in total. The molecular formula is C19H21N5O2. The number of benzene rings is 1. The Morgan fingerprint density at radius 1 is 1.27 bits per heavy atom. The number of hydrogen-bond acceptors (Lipinski definition) is 5. The Bertz CT molecular complexity index is 935. The molecule has 0 spiro atoms. The number of rotatable bonds is 5. The first-order valence-corrected chi connectivity index (χ1v) is 8.72. The molecule has 2 aromatic heterocycles. The molecule has 3 heterocycles. The van der Waals surface area contributed by atoms with Gasteiger partial charge in [-0.25, -0.2) is 4.98 Å². The number of aryl methyl sites for hydroxylation is 1. The van der Waals surface area contributed by atoms with Crippen molar-refractivity contribution in [2.45, 2.75) is 25.8 Å². The number of aromatic nitrogens is 3. The van der Waals surface area contributed by atoms with Crippen LogP contribution < -0.4 is 15.0 Å². The molecule has 134 valence electrons. The summed E-state index contributed by atoms with van der Waals surface area (Å²) >= 11 is 0. The molecule has 7 heteroatoms. The minimum Gasteiger partial charge on any atom is -0.497 e. The molecule has 0 unspecified atom stereocenters. The van der Waals surface area contributed by atoms with E-state index in [0.717, 1.165) is 35.0 Å². The second-order valence-electron chi connectivity index (χ2n) is 6.34. The first-order chi connectivity index (χ1) is 12.7. The average Bonchev–Trinajstić information content (AvgIpc) is 3.28. The van der Waals surface area contributed by atoms with Crippen molar-refractivity contribution in [2.24, 2.45) is 0 Å². The first-order valence-electron chi connectivity index (χ1n) is 8.72. The summed E-state index contributed by atoms with van der Waals surface area (Å²) in [6.45, 7) is 2.68. The van der Waals surface area contributed by atoms with Gasteiger partial charge >= 0.3 is 0 Å². The molecule has 1 atom stereocenters. The maximum absolute atomic E-state index is 12.5. The normalized spacial score (nSPS) is 17.1. The summed E-state index contributed by atoms with van der Waals surface area (Å²) in [6.07, 6.45) is 3.02. The molecule has 1 aliphatic heterocycles. The Balaban J connectivity index is 1.55. The van der Waals surface area contributed by atoms with Crippen LogP contribution in [0.1, 0.15) is 19.0 Å². The number of nitrogens with one attached hydrogen (secondary N) is 1. The van der Waals surface area contributed by atoms with Crippen molar-refractivity contribution >= 4 is 23.1 Å². The number of carbonyl (C=O) groups excluding carboxylic acids is 1. The van der Waals surface area contributed by atoms with Gasteiger partial charge in [0, 0.05) is 36.5 Å². The van der Waals surface area contributed by atoms with E-state index >= 15 is 0 Å². The minimum absolute atomic E-state index is 0.0177. The van der Waals surface area contributed by atoms with Gasteiger partial charge in [0.25, 0.3) is 0 Å². The highest BCUT2D eigenvalue weighted by molar-refractivity contribution is 5.96. The van der Waals surface area contributed by atoms with Crippen LogP contribution in [0.4, 0.5) is 11.5 Å². The van der Waals surface area contributed by atoms with Crippen LogP contribution >= 0.6 is 0 Å². The number of methoxy groups -OCH3 is 1. The minimum atomic E-state index is 0.0177. The second kappa shape index (κ2) is 6.67. The average molecular weight is 351 g/mol. The first kappa shape index (κ1) is 16.4. The van der Waals surface area contributed by atoms with Crippen molar-refractivity contribution in [3.8, 4) is 5.75 Å². The number of anilines is 2. The number of amides is 1. The Hall–Kier alpha value is -3.09. The fourth-order valence-electron chi connectivity index (χ4n) is 3.27. The lowest BCUT2D eigenvalue weighted by molar-refractivity contribution is -0.117. The molecule has 1 aliphatic rings. The molecular weight excluding hydrogens is 330 g/mol. The van der Waals surface area contributed by atoms with E-state index in [1.807, 2.05) is 36.4 Å². The molecule has 1 N–H and O–H groups in total. The van der Waals surface area contributed by atoms with Crippen LogP contribution in [0.5, 0.6) is 5.75 Å². The van der Waals surface area contributed by atoms with Crippen molar-refractivity contribution < 1.29 is 9.53 Å². The summed E-state index contributed by atoms with van der Waals surface area (Å²) in [5, 5.41) is 7.80.